The zero-order valence-corrected chi connectivity index (χ0v) is 19.3. The van der Waals surface area contributed by atoms with Gasteiger partial charge in [-0.2, -0.15) is 4.52 Å². The van der Waals surface area contributed by atoms with Crippen LogP contribution in [0.1, 0.15) is 26.3 Å². The summed E-state index contributed by atoms with van der Waals surface area (Å²) < 4.78 is 25.9. The van der Waals surface area contributed by atoms with Crippen LogP contribution in [-0.2, 0) is 10.2 Å². The molecule has 9 heteroatoms. The second kappa shape index (κ2) is 9.86. The molecule has 0 aliphatic carbocycles. The van der Waals surface area contributed by atoms with Crippen molar-refractivity contribution in [1.82, 2.24) is 25.1 Å². The van der Waals surface area contributed by atoms with Crippen molar-refractivity contribution in [2.45, 2.75) is 26.2 Å². The van der Waals surface area contributed by atoms with Crippen LogP contribution in [0.15, 0.2) is 60.7 Å². The zero-order chi connectivity index (χ0) is 24.1. The molecule has 0 radical (unpaired) electrons. The van der Waals surface area contributed by atoms with Gasteiger partial charge in [0.25, 0.3) is 5.91 Å². The van der Waals surface area contributed by atoms with Gasteiger partial charge in [0.1, 0.15) is 18.2 Å². The molecule has 0 unspecified atom stereocenters. The van der Waals surface area contributed by atoms with Gasteiger partial charge in [0.15, 0.2) is 18.1 Å². The van der Waals surface area contributed by atoms with Crippen LogP contribution < -0.4 is 14.8 Å². The highest BCUT2D eigenvalue weighted by molar-refractivity contribution is 5.77. The van der Waals surface area contributed by atoms with Crippen molar-refractivity contribution in [3.8, 4) is 23.0 Å². The Bertz CT molecular complexity index is 1260. The number of benzene rings is 2. The van der Waals surface area contributed by atoms with E-state index >= 15 is 0 Å². The maximum Gasteiger partial charge on any atom is 0.258 e. The molecule has 0 aliphatic rings. The van der Waals surface area contributed by atoms with Crippen LogP contribution in [0.2, 0.25) is 0 Å². The minimum Gasteiger partial charge on any atom is -0.484 e. The average Bonchev–Trinajstić information content (AvgIpc) is 3.24. The first kappa shape index (κ1) is 23.2. The lowest BCUT2D eigenvalue weighted by atomic mass is 9.87. The first-order chi connectivity index (χ1) is 16.3. The standard InChI is InChI=1S/C25H26FN5O3/c1-25(2,3)18-6-10-20(11-7-18)34-16-22(32)27-14-15-33-23-13-12-21-28-29-24(31(21)30-23)17-4-8-19(26)9-5-17/h4-13H,14-16H2,1-3H3,(H,27,32). The van der Waals surface area contributed by atoms with Gasteiger partial charge in [-0.3, -0.25) is 4.79 Å². The maximum absolute atomic E-state index is 13.2. The van der Waals surface area contributed by atoms with Gasteiger partial charge in [0.2, 0.25) is 5.88 Å². The minimum atomic E-state index is -0.333. The van der Waals surface area contributed by atoms with Gasteiger partial charge in [0.05, 0.1) is 6.54 Å². The Labute approximate surface area is 196 Å². The number of aromatic nitrogens is 4. The second-order valence-electron chi connectivity index (χ2n) is 8.73. The van der Waals surface area contributed by atoms with Crippen molar-refractivity contribution in [2.24, 2.45) is 0 Å². The molecule has 1 amide bonds. The molecule has 0 saturated carbocycles. The van der Waals surface area contributed by atoms with E-state index in [1.54, 1.807) is 24.3 Å². The first-order valence-corrected chi connectivity index (χ1v) is 10.9. The zero-order valence-electron chi connectivity index (χ0n) is 19.3. The Morgan fingerprint density at radius 1 is 0.971 bits per heavy atom. The topological polar surface area (TPSA) is 90.6 Å². The largest absolute Gasteiger partial charge is 0.484 e. The van der Waals surface area contributed by atoms with Gasteiger partial charge in [0, 0.05) is 11.6 Å². The number of halogens is 1. The van der Waals surface area contributed by atoms with E-state index in [-0.39, 0.29) is 36.9 Å². The fourth-order valence-corrected chi connectivity index (χ4v) is 3.23. The molecule has 4 rings (SSSR count). The number of carbonyl (C=O) groups is 1. The quantitative estimate of drug-likeness (QED) is 0.400. The SMILES string of the molecule is CC(C)(C)c1ccc(OCC(=O)NCCOc2ccc3nnc(-c4ccc(F)cc4)n3n2)cc1. The summed E-state index contributed by atoms with van der Waals surface area (Å²) >= 11 is 0. The summed E-state index contributed by atoms with van der Waals surface area (Å²) in [6.45, 7) is 6.85. The van der Waals surface area contributed by atoms with E-state index in [4.69, 9.17) is 9.47 Å². The van der Waals surface area contributed by atoms with Crippen molar-refractivity contribution < 1.29 is 18.7 Å². The summed E-state index contributed by atoms with van der Waals surface area (Å²) in [7, 11) is 0. The number of nitrogens with one attached hydrogen (secondary N) is 1. The van der Waals surface area contributed by atoms with Gasteiger partial charge >= 0.3 is 0 Å². The van der Waals surface area contributed by atoms with E-state index in [0.29, 0.717) is 28.7 Å². The van der Waals surface area contributed by atoms with Crippen molar-refractivity contribution in [1.29, 1.82) is 0 Å². The highest BCUT2D eigenvalue weighted by Gasteiger charge is 2.13. The summed E-state index contributed by atoms with van der Waals surface area (Å²) in [6.07, 6.45) is 0. The summed E-state index contributed by atoms with van der Waals surface area (Å²) in [5, 5.41) is 15.3. The molecule has 1 N–H and O–H groups in total. The Hall–Kier alpha value is -4.01. The number of carbonyl (C=O) groups excluding carboxylic acids is 1. The molecule has 2 heterocycles. The van der Waals surface area contributed by atoms with Crippen LogP contribution in [0.4, 0.5) is 4.39 Å². The van der Waals surface area contributed by atoms with Crippen LogP contribution in [0.3, 0.4) is 0 Å². The molecule has 8 nitrogen and oxygen atoms in total. The Balaban J connectivity index is 1.25. The third-order valence-electron chi connectivity index (χ3n) is 5.11. The molecule has 0 fully saturated rings. The van der Waals surface area contributed by atoms with Crippen molar-refractivity contribution in [2.75, 3.05) is 19.8 Å². The van der Waals surface area contributed by atoms with E-state index in [2.05, 4.69) is 41.4 Å². The number of hydrogen-bond acceptors (Lipinski definition) is 6. The molecule has 0 saturated heterocycles. The van der Waals surface area contributed by atoms with Crippen molar-refractivity contribution in [3.63, 3.8) is 0 Å². The summed E-state index contributed by atoms with van der Waals surface area (Å²) in [4.78, 5) is 12.1. The molecule has 4 aromatic rings. The van der Waals surface area contributed by atoms with Crippen LogP contribution in [0.25, 0.3) is 17.0 Å². The normalized spacial score (nSPS) is 11.4. The highest BCUT2D eigenvalue weighted by Crippen LogP contribution is 2.24. The third kappa shape index (κ3) is 5.67. The molecule has 0 atom stereocenters. The maximum atomic E-state index is 13.2. The van der Waals surface area contributed by atoms with Gasteiger partial charge in [-0.05, 0) is 53.4 Å². The van der Waals surface area contributed by atoms with Gasteiger partial charge in [-0.1, -0.05) is 32.9 Å². The van der Waals surface area contributed by atoms with E-state index in [0.717, 1.165) is 0 Å². The van der Waals surface area contributed by atoms with Gasteiger partial charge < -0.3 is 14.8 Å². The fourth-order valence-electron chi connectivity index (χ4n) is 3.23. The molecule has 0 bridgehead atoms. The minimum absolute atomic E-state index is 0.0617. The van der Waals surface area contributed by atoms with Gasteiger partial charge in [-0.25, -0.2) is 4.39 Å². The predicted molar refractivity (Wildman–Crippen MR) is 125 cm³/mol. The molecular weight excluding hydrogens is 437 g/mol. The fraction of sp³-hybridized carbons (Fsp3) is 0.280. The summed E-state index contributed by atoms with van der Waals surface area (Å²) in [5.74, 6) is 0.883. The Morgan fingerprint density at radius 2 is 1.71 bits per heavy atom. The lowest BCUT2D eigenvalue weighted by Gasteiger charge is -2.19. The lowest BCUT2D eigenvalue weighted by Crippen LogP contribution is -2.32. The van der Waals surface area contributed by atoms with Crippen molar-refractivity contribution in [3.05, 3.63) is 72.0 Å². The van der Waals surface area contributed by atoms with Crippen LogP contribution in [0, 0.1) is 5.82 Å². The molecule has 176 valence electrons. The van der Waals surface area contributed by atoms with E-state index in [1.807, 2.05) is 24.3 Å². The first-order valence-electron chi connectivity index (χ1n) is 10.9. The summed E-state index contributed by atoms with van der Waals surface area (Å²) in [6, 6.07) is 17.0. The predicted octanol–water partition coefficient (Wildman–Crippen LogP) is 3.80. The van der Waals surface area contributed by atoms with E-state index < -0.39 is 0 Å². The number of nitrogens with zero attached hydrogens (tertiary/aromatic N) is 4. The van der Waals surface area contributed by atoms with Crippen LogP contribution in [-0.4, -0.2) is 45.5 Å². The average molecular weight is 464 g/mol. The molecule has 0 aliphatic heterocycles. The number of ether oxygens (including phenoxy) is 2. The Kier molecular flexibility index (Phi) is 6.72. The number of fused-ring (bicyclic) bond motifs is 1. The molecule has 0 spiro atoms. The Morgan fingerprint density at radius 3 is 2.41 bits per heavy atom. The smallest absolute Gasteiger partial charge is 0.258 e. The molecule has 2 aromatic heterocycles. The lowest BCUT2D eigenvalue weighted by molar-refractivity contribution is -0.123. The number of hydrogen-bond donors (Lipinski definition) is 1. The van der Waals surface area contributed by atoms with E-state index in [9.17, 15) is 9.18 Å². The number of amides is 1. The van der Waals surface area contributed by atoms with Crippen molar-refractivity contribution >= 4 is 11.6 Å². The second-order valence-corrected chi connectivity index (χ2v) is 8.73. The van der Waals surface area contributed by atoms with E-state index in [1.165, 1.54) is 22.2 Å². The third-order valence-corrected chi connectivity index (χ3v) is 5.11. The summed E-state index contributed by atoms with van der Waals surface area (Å²) in [5.41, 5.74) is 2.47. The monoisotopic (exact) mass is 463 g/mol. The van der Waals surface area contributed by atoms with Crippen LogP contribution >= 0.6 is 0 Å². The molecule has 2 aromatic carbocycles. The van der Waals surface area contributed by atoms with Crippen LogP contribution in [0.5, 0.6) is 11.6 Å². The number of rotatable bonds is 8. The molecular formula is C25H26FN5O3. The highest BCUT2D eigenvalue weighted by atomic mass is 19.1. The van der Waals surface area contributed by atoms with Gasteiger partial charge in [-0.15, -0.1) is 15.3 Å². The molecule has 34 heavy (non-hydrogen) atoms.